The predicted octanol–water partition coefficient (Wildman–Crippen LogP) is 3.43. The molecule has 7 heteroatoms. The monoisotopic (exact) mass is 385 g/mol. The SMILES string of the molecule is COc1ccc(CSCC(=O)N/N=C(/C)c2cccc(NC(C)=O)c2)cc1. The summed E-state index contributed by atoms with van der Waals surface area (Å²) in [4.78, 5) is 23.1. The molecule has 0 bridgehead atoms. The van der Waals surface area contributed by atoms with Gasteiger partial charge in [0.05, 0.1) is 18.6 Å². The van der Waals surface area contributed by atoms with E-state index in [-0.39, 0.29) is 11.8 Å². The molecular weight excluding hydrogens is 362 g/mol. The van der Waals surface area contributed by atoms with E-state index in [0.29, 0.717) is 17.2 Å². The fourth-order valence-corrected chi connectivity index (χ4v) is 3.03. The molecule has 2 N–H and O–H groups in total. The van der Waals surface area contributed by atoms with Crippen LogP contribution in [-0.2, 0) is 15.3 Å². The van der Waals surface area contributed by atoms with Gasteiger partial charge in [0.1, 0.15) is 5.75 Å². The molecule has 2 amide bonds. The number of nitrogens with zero attached hydrogens (tertiary/aromatic N) is 1. The number of carbonyl (C=O) groups excluding carboxylic acids is 2. The van der Waals surface area contributed by atoms with Crippen LogP contribution in [0.1, 0.15) is 25.0 Å². The normalized spacial score (nSPS) is 11.0. The van der Waals surface area contributed by atoms with Crippen LogP contribution in [0.15, 0.2) is 53.6 Å². The minimum Gasteiger partial charge on any atom is -0.497 e. The summed E-state index contributed by atoms with van der Waals surface area (Å²) in [6.45, 7) is 3.26. The summed E-state index contributed by atoms with van der Waals surface area (Å²) in [5, 5.41) is 6.86. The van der Waals surface area contributed by atoms with E-state index in [0.717, 1.165) is 22.6 Å². The molecule has 2 aromatic rings. The molecule has 0 aliphatic rings. The Labute approximate surface area is 163 Å². The molecule has 0 aliphatic carbocycles. The van der Waals surface area contributed by atoms with Crippen molar-refractivity contribution in [2.24, 2.45) is 5.10 Å². The Morgan fingerprint density at radius 3 is 2.52 bits per heavy atom. The first kappa shape index (κ1) is 20.5. The van der Waals surface area contributed by atoms with Crippen molar-refractivity contribution in [2.75, 3.05) is 18.2 Å². The Hall–Kier alpha value is -2.80. The van der Waals surface area contributed by atoms with E-state index in [2.05, 4.69) is 15.8 Å². The lowest BCUT2D eigenvalue weighted by molar-refractivity contribution is -0.118. The number of hydrogen-bond donors (Lipinski definition) is 2. The summed E-state index contributed by atoms with van der Waals surface area (Å²) in [5.74, 6) is 1.57. The maximum atomic E-state index is 12.0. The van der Waals surface area contributed by atoms with Gasteiger partial charge < -0.3 is 10.1 Å². The van der Waals surface area contributed by atoms with Gasteiger partial charge in [-0.15, -0.1) is 11.8 Å². The Bertz CT molecular complexity index is 819. The molecule has 0 saturated heterocycles. The molecule has 0 saturated carbocycles. The fourth-order valence-electron chi connectivity index (χ4n) is 2.25. The number of benzene rings is 2. The van der Waals surface area contributed by atoms with Gasteiger partial charge in [0.25, 0.3) is 0 Å². The third kappa shape index (κ3) is 7.15. The molecule has 0 aromatic heterocycles. The first-order valence-electron chi connectivity index (χ1n) is 8.40. The van der Waals surface area contributed by atoms with Crippen molar-refractivity contribution in [3.8, 4) is 5.75 Å². The highest BCUT2D eigenvalue weighted by atomic mass is 32.2. The molecule has 0 aliphatic heterocycles. The van der Waals surface area contributed by atoms with Crippen LogP contribution in [0.5, 0.6) is 5.75 Å². The maximum Gasteiger partial charge on any atom is 0.250 e. The second-order valence-electron chi connectivity index (χ2n) is 5.84. The number of carbonyl (C=O) groups is 2. The quantitative estimate of drug-likeness (QED) is 0.539. The topological polar surface area (TPSA) is 79.8 Å². The summed E-state index contributed by atoms with van der Waals surface area (Å²) in [7, 11) is 1.63. The molecule has 0 heterocycles. The van der Waals surface area contributed by atoms with Crippen molar-refractivity contribution in [1.82, 2.24) is 5.43 Å². The van der Waals surface area contributed by atoms with Gasteiger partial charge in [-0.1, -0.05) is 24.3 Å². The number of thioether (sulfide) groups is 1. The molecule has 0 unspecified atom stereocenters. The van der Waals surface area contributed by atoms with Gasteiger partial charge >= 0.3 is 0 Å². The minimum atomic E-state index is -0.161. The van der Waals surface area contributed by atoms with Gasteiger partial charge in [0, 0.05) is 18.4 Å². The second kappa shape index (κ2) is 10.4. The van der Waals surface area contributed by atoms with Crippen molar-refractivity contribution < 1.29 is 14.3 Å². The predicted molar refractivity (Wildman–Crippen MR) is 110 cm³/mol. The molecule has 142 valence electrons. The maximum absolute atomic E-state index is 12.0. The van der Waals surface area contributed by atoms with E-state index in [9.17, 15) is 9.59 Å². The van der Waals surface area contributed by atoms with Crippen LogP contribution >= 0.6 is 11.8 Å². The molecule has 0 atom stereocenters. The highest BCUT2D eigenvalue weighted by Gasteiger charge is 2.04. The van der Waals surface area contributed by atoms with E-state index in [1.54, 1.807) is 20.1 Å². The van der Waals surface area contributed by atoms with Crippen LogP contribution in [0.3, 0.4) is 0 Å². The molecule has 0 radical (unpaired) electrons. The molecule has 27 heavy (non-hydrogen) atoms. The molecule has 2 aromatic carbocycles. The van der Waals surface area contributed by atoms with Crippen LogP contribution in [0, 0.1) is 0 Å². The van der Waals surface area contributed by atoms with Crippen LogP contribution in [0.2, 0.25) is 0 Å². The van der Waals surface area contributed by atoms with E-state index in [4.69, 9.17) is 4.74 Å². The van der Waals surface area contributed by atoms with Crippen LogP contribution < -0.4 is 15.5 Å². The fraction of sp³-hybridized carbons (Fsp3) is 0.250. The summed E-state index contributed by atoms with van der Waals surface area (Å²) in [5.41, 5.74) is 5.87. The van der Waals surface area contributed by atoms with Crippen LogP contribution in [-0.4, -0.2) is 30.4 Å². The summed E-state index contributed by atoms with van der Waals surface area (Å²) < 4.78 is 5.12. The molecule has 6 nitrogen and oxygen atoms in total. The van der Waals surface area contributed by atoms with Crippen molar-refractivity contribution in [2.45, 2.75) is 19.6 Å². The third-order valence-corrected chi connectivity index (χ3v) is 4.61. The van der Waals surface area contributed by atoms with Gasteiger partial charge in [-0.05, 0) is 42.3 Å². The smallest absolute Gasteiger partial charge is 0.250 e. The number of anilines is 1. The minimum absolute atomic E-state index is 0.135. The summed E-state index contributed by atoms with van der Waals surface area (Å²) in [6.07, 6.45) is 0. The number of ether oxygens (including phenoxy) is 1. The Morgan fingerprint density at radius 2 is 1.85 bits per heavy atom. The molecule has 0 spiro atoms. The Morgan fingerprint density at radius 1 is 1.11 bits per heavy atom. The van der Waals surface area contributed by atoms with E-state index in [1.807, 2.05) is 42.5 Å². The zero-order chi connectivity index (χ0) is 19.6. The zero-order valence-electron chi connectivity index (χ0n) is 15.6. The first-order chi connectivity index (χ1) is 13.0. The highest BCUT2D eigenvalue weighted by Crippen LogP contribution is 2.16. The van der Waals surface area contributed by atoms with Crippen molar-refractivity contribution in [3.63, 3.8) is 0 Å². The van der Waals surface area contributed by atoms with E-state index in [1.165, 1.54) is 18.7 Å². The van der Waals surface area contributed by atoms with Gasteiger partial charge in [-0.25, -0.2) is 5.43 Å². The number of rotatable bonds is 8. The third-order valence-electron chi connectivity index (χ3n) is 3.61. The molecule has 0 fully saturated rings. The average Bonchev–Trinajstić information content (AvgIpc) is 2.66. The van der Waals surface area contributed by atoms with Gasteiger partial charge in [0.2, 0.25) is 11.8 Å². The van der Waals surface area contributed by atoms with Crippen LogP contribution in [0.4, 0.5) is 5.69 Å². The average molecular weight is 385 g/mol. The van der Waals surface area contributed by atoms with Gasteiger partial charge in [-0.2, -0.15) is 5.10 Å². The van der Waals surface area contributed by atoms with Crippen LogP contribution in [0.25, 0.3) is 0 Å². The van der Waals surface area contributed by atoms with Gasteiger partial charge in [-0.3, -0.25) is 9.59 Å². The second-order valence-corrected chi connectivity index (χ2v) is 6.82. The number of hydrazone groups is 1. The standard InChI is InChI=1S/C20H23N3O3S/c1-14(17-5-4-6-18(11-17)21-15(2)24)22-23-20(25)13-27-12-16-7-9-19(26-3)10-8-16/h4-11H,12-13H2,1-3H3,(H,21,24)(H,23,25)/b22-14-. The number of hydrogen-bond acceptors (Lipinski definition) is 5. The number of nitrogens with one attached hydrogen (secondary N) is 2. The first-order valence-corrected chi connectivity index (χ1v) is 9.55. The van der Waals surface area contributed by atoms with Crippen molar-refractivity contribution in [1.29, 1.82) is 0 Å². The van der Waals surface area contributed by atoms with Crippen molar-refractivity contribution in [3.05, 3.63) is 59.7 Å². The summed E-state index contributed by atoms with van der Waals surface area (Å²) >= 11 is 1.52. The number of amides is 2. The van der Waals surface area contributed by atoms with Gasteiger partial charge in [0.15, 0.2) is 0 Å². The van der Waals surface area contributed by atoms with E-state index < -0.39 is 0 Å². The Kier molecular flexibility index (Phi) is 7.88. The number of methoxy groups -OCH3 is 1. The Balaban J connectivity index is 1.81. The lowest BCUT2D eigenvalue weighted by Gasteiger charge is -2.06. The summed E-state index contributed by atoms with van der Waals surface area (Å²) in [6, 6.07) is 15.1. The van der Waals surface area contributed by atoms with Crippen molar-refractivity contribution >= 4 is 35.0 Å². The molecule has 2 rings (SSSR count). The highest BCUT2D eigenvalue weighted by molar-refractivity contribution is 7.99. The zero-order valence-corrected chi connectivity index (χ0v) is 16.4. The lowest BCUT2D eigenvalue weighted by Crippen LogP contribution is -2.21. The van der Waals surface area contributed by atoms with E-state index >= 15 is 0 Å². The lowest BCUT2D eigenvalue weighted by atomic mass is 10.1. The molecular formula is C20H23N3O3S. The largest absolute Gasteiger partial charge is 0.497 e.